The summed E-state index contributed by atoms with van der Waals surface area (Å²) in [6.07, 6.45) is 1.07. The SMILES string of the molecule is CC(=O)c1c(C)nn(CCC(=O)N2CCC(C(O)CO)CC2)c1C. The van der Waals surface area contributed by atoms with E-state index in [2.05, 4.69) is 5.10 Å². The second-order valence-electron chi connectivity index (χ2n) is 6.54. The first-order valence-electron chi connectivity index (χ1n) is 8.46. The van der Waals surface area contributed by atoms with Gasteiger partial charge < -0.3 is 15.1 Å². The van der Waals surface area contributed by atoms with Crippen LogP contribution in [0.25, 0.3) is 0 Å². The molecule has 1 aromatic heterocycles. The molecule has 1 aliphatic rings. The number of hydrogen-bond acceptors (Lipinski definition) is 5. The van der Waals surface area contributed by atoms with Gasteiger partial charge in [-0.15, -0.1) is 0 Å². The van der Waals surface area contributed by atoms with Crippen LogP contribution in [0.3, 0.4) is 0 Å². The first kappa shape index (κ1) is 18.6. The molecule has 2 N–H and O–H groups in total. The highest BCUT2D eigenvalue weighted by Crippen LogP contribution is 2.21. The van der Waals surface area contributed by atoms with E-state index >= 15 is 0 Å². The number of amides is 1. The Morgan fingerprint density at radius 2 is 1.92 bits per heavy atom. The molecule has 1 fully saturated rings. The summed E-state index contributed by atoms with van der Waals surface area (Å²) in [6.45, 7) is 6.62. The van der Waals surface area contributed by atoms with E-state index < -0.39 is 6.10 Å². The van der Waals surface area contributed by atoms with Gasteiger partial charge in [-0.1, -0.05) is 0 Å². The molecule has 7 nitrogen and oxygen atoms in total. The number of carbonyl (C=O) groups is 2. The van der Waals surface area contributed by atoms with Gasteiger partial charge in [0, 0.05) is 31.7 Å². The van der Waals surface area contributed by atoms with Crippen LogP contribution in [-0.4, -0.2) is 62.4 Å². The third-order valence-corrected chi connectivity index (χ3v) is 4.89. The summed E-state index contributed by atoms with van der Waals surface area (Å²) >= 11 is 0. The van der Waals surface area contributed by atoms with Gasteiger partial charge in [0.05, 0.1) is 24.0 Å². The van der Waals surface area contributed by atoms with Gasteiger partial charge in [0.1, 0.15) is 0 Å². The molecular formula is C17H27N3O4. The quantitative estimate of drug-likeness (QED) is 0.745. The third-order valence-electron chi connectivity index (χ3n) is 4.89. The number of ketones is 1. The van der Waals surface area contributed by atoms with Crippen LogP contribution in [0.4, 0.5) is 0 Å². The minimum atomic E-state index is -0.693. The fourth-order valence-electron chi connectivity index (χ4n) is 3.47. The van der Waals surface area contributed by atoms with Crippen molar-refractivity contribution in [2.24, 2.45) is 5.92 Å². The molecule has 0 bridgehead atoms. The zero-order valence-electron chi connectivity index (χ0n) is 14.7. The predicted octanol–water partition coefficient (Wildman–Crippen LogP) is 0.684. The normalized spacial score (nSPS) is 17.1. The van der Waals surface area contributed by atoms with Crippen LogP contribution in [0.15, 0.2) is 0 Å². The van der Waals surface area contributed by atoms with E-state index in [1.165, 1.54) is 6.92 Å². The average molecular weight is 337 g/mol. The summed E-state index contributed by atoms with van der Waals surface area (Å²) in [4.78, 5) is 25.8. The molecule has 0 saturated carbocycles. The molecule has 0 spiro atoms. The van der Waals surface area contributed by atoms with E-state index in [0.29, 0.717) is 50.2 Å². The van der Waals surface area contributed by atoms with E-state index in [4.69, 9.17) is 5.11 Å². The summed E-state index contributed by atoms with van der Waals surface area (Å²) in [5.41, 5.74) is 2.14. The van der Waals surface area contributed by atoms with Gasteiger partial charge in [-0.2, -0.15) is 5.10 Å². The number of carbonyl (C=O) groups excluding carboxylic acids is 2. The molecule has 0 radical (unpaired) electrons. The van der Waals surface area contributed by atoms with E-state index in [0.717, 1.165) is 5.69 Å². The molecular weight excluding hydrogens is 310 g/mol. The lowest BCUT2D eigenvalue weighted by Gasteiger charge is -2.33. The number of aryl methyl sites for hydroxylation is 2. The van der Waals surface area contributed by atoms with Gasteiger partial charge in [-0.3, -0.25) is 14.3 Å². The molecule has 1 atom stereocenters. The Labute approximate surface area is 142 Å². The molecule has 24 heavy (non-hydrogen) atoms. The maximum absolute atomic E-state index is 12.4. The molecule has 2 rings (SSSR count). The standard InChI is InChI=1S/C17H27N3O4/c1-11-17(13(3)22)12(2)20(18-11)9-6-16(24)19-7-4-14(5-8-19)15(23)10-21/h14-15,21,23H,4-10H2,1-3H3. The van der Waals surface area contributed by atoms with Crippen molar-refractivity contribution >= 4 is 11.7 Å². The number of nitrogens with zero attached hydrogens (tertiary/aromatic N) is 3. The third kappa shape index (κ3) is 4.02. The first-order valence-corrected chi connectivity index (χ1v) is 8.46. The van der Waals surface area contributed by atoms with Crippen LogP contribution in [0.2, 0.25) is 0 Å². The summed E-state index contributed by atoms with van der Waals surface area (Å²) in [5.74, 6) is 0.115. The van der Waals surface area contributed by atoms with Gasteiger partial charge in [0.15, 0.2) is 5.78 Å². The van der Waals surface area contributed by atoms with Crippen LogP contribution < -0.4 is 0 Å². The zero-order valence-corrected chi connectivity index (χ0v) is 14.7. The maximum Gasteiger partial charge on any atom is 0.224 e. The maximum atomic E-state index is 12.4. The van der Waals surface area contributed by atoms with Crippen molar-refractivity contribution in [1.29, 1.82) is 0 Å². The second-order valence-corrected chi connectivity index (χ2v) is 6.54. The number of rotatable bonds is 6. The van der Waals surface area contributed by atoms with Crippen LogP contribution >= 0.6 is 0 Å². The van der Waals surface area contributed by atoms with Crippen molar-refractivity contribution in [2.75, 3.05) is 19.7 Å². The van der Waals surface area contributed by atoms with Crippen molar-refractivity contribution in [1.82, 2.24) is 14.7 Å². The van der Waals surface area contributed by atoms with Gasteiger partial charge in [-0.25, -0.2) is 0 Å². The molecule has 1 saturated heterocycles. The highest BCUT2D eigenvalue weighted by Gasteiger charge is 2.27. The van der Waals surface area contributed by atoms with Crippen molar-refractivity contribution in [3.8, 4) is 0 Å². The summed E-state index contributed by atoms with van der Waals surface area (Å²) in [5, 5.41) is 23.0. The molecule has 7 heteroatoms. The number of piperidine rings is 1. The Morgan fingerprint density at radius 3 is 2.42 bits per heavy atom. The zero-order chi connectivity index (χ0) is 17.9. The fraction of sp³-hybridized carbons (Fsp3) is 0.706. The van der Waals surface area contributed by atoms with Crippen molar-refractivity contribution in [3.63, 3.8) is 0 Å². The number of hydrogen-bond donors (Lipinski definition) is 2. The van der Waals surface area contributed by atoms with Gasteiger partial charge in [0.2, 0.25) is 5.91 Å². The summed E-state index contributed by atoms with van der Waals surface area (Å²) in [6, 6.07) is 0. The fourth-order valence-corrected chi connectivity index (χ4v) is 3.47. The van der Waals surface area contributed by atoms with Crippen molar-refractivity contribution < 1.29 is 19.8 Å². The lowest BCUT2D eigenvalue weighted by atomic mass is 9.91. The molecule has 0 aliphatic carbocycles. The highest BCUT2D eigenvalue weighted by molar-refractivity contribution is 5.96. The van der Waals surface area contributed by atoms with Crippen LogP contribution in [0.1, 0.15) is 47.9 Å². The molecule has 1 aliphatic heterocycles. The lowest BCUT2D eigenvalue weighted by molar-refractivity contribution is -0.133. The molecule has 1 aromatic rings. The van der Waals surface area contributed by atoms with E-state index in [-0.39, 0.29) is 24.2 Å². The first-order chi connectivity index (χ1) is 11.3. The molecule has 0 aromatic carbocycles. The van der Waals surface area contributed by atoms with E-state index in [1.807, 2.05) is 6.92 Å². The Kier molecular flexibility index (Phi) is 6.12. The number of likely N-dealkylation sites (tertiary alicyclic amines) is 1. The summed E-state index contributed by atoms with van der Waals surface area (Å²) in [7, 11) is 0. The van der Waals surface area contributed by atoms with E-state index in [1.54, 1.807) is 16.5 Å². The monoisotopic (exact) mass is 337 g/mol. The Balaban J connectivity index is 1.88. The molecule has 134 valence electrons. The lowest BCUT2D eigenvalue weighted by Crippen LogP contribution is -2.42. The van der Waals surface area contributed by atoms with Gasteiger partial charge >= 0.3 is 0 Å². The Bertz CT molecular complexity index is 603. The number of aromatic nitrogens is 2. The molecule has 1 unspecified atom stereocenters. The van der Waals surface area contributed by atoms with Crippen molar-refractivity contribution in [3.05, 3.63) is 17.0 Å². The van der Waals surface area contributed by atoms with Crippen LogP contribution in [0, 0.1) is 19.8 Å². The molecule has 2 heterocycles. The van der Waals surface area contributed by atoms with Crippen LogP contribution in [0.5, 0.6) is 0 Å². The predicted molar refractivity (Wildman–Crippen MR) is 88.7 cm³/mol. The van der Waals surface area contributed by atoms with Gasteiger partial charge in [-0.05, 0) is 39.5 Å². The largest absolute Gasteiger partial charge is 0.394 e. The van der Waals surface area contributed by atoms with Crippen LogP contribution in [-0.2, 0) is 11.3 Å². The smallest absolute Gasteiger partial charge is 0.224 e. The minimum Gasteiger partial charge on any atom is -0.394 e. The number of aliphatic hydroxyl groups excluding tert-OH is 2. The average Bonchev–Trinajstić information content (AvgIpc) is 2.85. The second kappa shape index (κ2) is 7.90. The number of Topliss-reactive ketones (excluding diaryl/α,β-unsaturated/α-hetero) is 1. The molecule has 1 amide bonds. The Morgan fingerprint density at radius 1 is 1.29 bits per heavy atom. The Hall–Kier alpha value is -1.73. The highest BCUT2D eigenvalue weighted by atomic mass is 16.3. The summed E-state index contributed by atoms with van der Waals surface area (Å²) < 4.78 is 1.73. The topological polar surface area (TPSA) is 95.7 Å². The van der Waals surface area contributed by atoms with Crippen molar-refractivity contribution in [2.45, 2.75) is 52.7 Å². The minimum absolute atomic E-state index is 0.00732. The number of aliphatic hydroxyl groups is 2. The van der Waals surface area contributed by atoms with E-state index in [9.17, 15) is 14.7 Å². The van der Waals surface area contributed by atoms with Gasteiger partial charge in [0.25, 0.3) is 0 Å².